The molecule has 1 saturated heterocycles. The normalized spacial score (nSPS) is 20.1. The van der Waals surface area contributed by atoms with Crippen LogP contribution in [0.15, 0.2) is 23.2 Å². The Bertz CT molecular complexity index is 817. The lowest BCUT2D eigenvalue weighted by atomic mass is 9.81. The van der Waals surface area contributed by atoms with Gasteiger partial charge in [-0.25, -0.2) is 0 Å². The van der Waals surface area contributed by atoms with Crippen LogP contribution in [-0.4, -0.2) is 35.3 Å². The van der Waals surface area contributed by atoms with Gasteiger partial charge in [0.2, 0.25) is 0 Å². The Morgan fingerprint density at radius 2 is 1.97 bits per heavy atom. The molecule has 3 rings (SSSR count). The molecular formula is C19H22F3N3O4. The number of nitro groups is 1. The fourth-order valence-corrected chi connectivity index (χ4v) is 3.85. The van der Waals surface area contributed by atoms with Gasteiger partial charge in [0.05, 0.1) is 22.6 Å². The third kappa shape index (κ3) is 4.86. The molecule has 1 saturated carbocycles. The van der Waals surface area contributed by atoms with Crippen LogP contribution in [0, 0.1) is 10.1 Å². The molecule has 1 aliphatic carbocycles. The number of nitro benzene ring substituents is 1. The van der Waals surface area contributed by atoms with E-state index < -0.39 is 28.0 Å². The predicted octanol–water partition coefficient (Wildman–Crippen LogP) is 4.51. The fourth-order valence-electron chi connectivity index (χ4n) is 3.85. The van der Waals surface area contributed by atoms with E-state index in [9.17, 15) is 28.1 Å². The lowest BCUT2D eigenvalue weighted by Gasteiger charge is -2.32. The predicted molar refractivity (Wildman–Crippen MR) is 100 cm³/mol. The molecule has 1 aromatic rings. The number of ether oxygens (including phenoxy) is 1. The van der Waals surface area contributed by atoms with E-state index in [1.54, 1.807) is 0 Å². The highest BCUT2D eigenvalue weighted by atomic mass is 19.4. The Morgan fingerprint density at radius 3 is 2.62 bits per heavy atom. The summed E-state index contributed by atoms with van der Waals surface area (Å²) < 4.78 is 43.8. The number of halogens is 3. The molecule has 1 aliphatic heterocycles. The van der Waals surface area contributed by atoms with Gasteiger partial charge < -0.3 is 10.1 Å². The minimum Gasteiger partial charge on any atom is -0.453 e. The summed E-state index contributed by atoms with van der Waals surface area (Å²) in [6.07, 6.45) is 0.722. The SMILES string of the molecule is O=C1CC(=NCCCNc2ccc(C(F)(F)F)cc2[N+](=O)[O-])C2(CCCCC2)O1. The molecule has 0 aromatic heterocycles. The van der Waals surface area contributed by atoms with Gasteiger partial charge in [0.25, 0.3) is 5.69 Å². The third-order valence-corrected chi connectivity index (χ3v) is 5.28. The van der Waals surface area contributed by atoms with Crippen LogP contribution < -0.4 is 5.32 Å². The second-order valence-electron chi connectivity index (χ2n) is 7.30. The molecular weight excluding hydrogens is 391 g/mol. The van der Waals surface area contributed by atoms with Gasteiger partial charge in [-0.1, -0.05) is 6.42 Å². The molecule has 0 bridgehead atoms. The topological polar surface area (TPSA) is 93.8 Å². The minimum atomic E-state index is -4.64. The molecule has 0 atom stereocenters. The number of rotatable bonds is 6. The number of nitrogens with zero attached hydrogens (tertiary/aromatic N) is 2. The lowest BCUT2D eigenvalue weighted by molar-refractivity contribution is -0.384. The molecule has 158 valence electrons. The van der Waals surface area contributed by atoms with Crippen LogP contribution in [-0.2, 0) is 15.7 Å². The van der Waals surface area contributed by atoms with Gasteiger partial charge in [-0.2, -0.15) is 13.2 Å². The number of alkyl halides is 3. The molecule has 1 aromatic carbocycles. The Balaban J connectivity index is 1.58. The van der Waals surface area contributed by atoms with Crippen LogP contribution in [0.5, 0.6) is 0 Å². The van der Waals surface area contributed by atoms with Crippen molar-refractivity contribution < 1.29 is 27.6 Å². The van der Waals surface area contributed by atoms with E-state index in [0.29, 0.717) is 25.6 Å². The zero-order valence-electron chi connectivity index (χ0n) is 15.8. The van der Waals surface area contributed by atoms with Crippen molar-refractivity contribution in [2.45, 2.75) is 56.7 Å². The monoisotopic (exact) mass is 413 g/mol. The van der Waals surface area contributed by atoms with E-state index in [4.69, 9.17) is 4.74 Å². The molecule has 2 aliphatic rings. The van der Waals surface area contributed by atoms with Gasteiger partial charge >= 0.3 is 12.1 Å². The van der Waals surface area contributed by atoms with Gasteiger partial charge in [0.1, 0.15) is 5.69 Å². The van der Waals surface area contributed by atoms with Crippen LogP contribution in [0.3, 0.4) is 0 Å². The van der Waals surface area contributed by atoms with Gasteiger partial charge in [-0.05, 0) is 44.2 Å². The lowest BCUT2D eigenvalue weighted by Crippen LogP contribution is -2.38. The number of hydrogen-bond donors (Lipinski definition) is 1. The number of hydrogen-bond acceptors (Lipinski definition) is 6. The van der Waals surface area contributed by atoms with E-state index >= 15 is 0 Å². The maximum atomic E-state index is 12.7. The molecule has 1 N–H and O–H groups in total. The number of nitrogens with one attached hydrogen (secondary N) is 1. The molecule has 10 heteroatoms. The number of carbonyl (C=O) groups excluding carboxylic acids is 1. The van der Waals surface area contributed by atoms with Crippen LogP contribution in [0.1, 0.15) is 50.5 Å². The summed E-state index contributed by atoms with van der Waals surface area (Å²) >= 11 is 0. The first-order valence-corrected chi connectivity index (χ1v) is 9.56. The molecule has 2 fully saturated rings. The molecule has 29 heavy (non-hydrogen) atoms. The summed E-state index contributed by atoms with van der Waals surface area (Å²) in [4.78, 5) is 26.5. The van der Waals surface area contributed by atoms with Gasteiger partial charge in [0.15, 0.2) is 5.60 Å². The Labute approximate surface area is 165 Å². The maximum absolute atomic E-state index is 12.7. The summed E-state index contributed by atoms with van der Waals surface area (Å²) in [6.45, 7) is 0.694. The van der Waals surface area contributed by atoms with Crippen LogP contribution in [0.2, 0.25) is 0 Å². The van der Waals surface area contributed by atoms with Crippen LogP contribution in [0.25, 0.3) is 0 Å². The van der Waals surface area contributed by atoms with Crippen molar-refractivity contribution in [3.63, 3.8) is 0 Å². The second kappa shape index (κ2) is 8.38. The van der Waals surface area contributed by atoms with E-state index in [1.807, 2.05) is 0 Å². The largest absolute Gasteiger partial charge is 0.453 e. The summed E-state index contributed by atoms with van der Waals surface area (Å²) in [5.74, 6) is -0.260. The standard InChI is InChI=1S/C19H22F3N3O4/c20-19(21,22)13-5-6-14(15(11-13)25(27)28)23-9-4-10-24-16-12-17(26)29-18(16)7-2-1-3-8-18/h5-6,11,23H,1-4,7-10,12H2. The average Bonchev–Trinajstić information content (AvgIpc) is 2.95. The highest BCUT2D eigenvalue weighted by molar-refractivity contribution is 6.09. The van der Waals surface area contributed by atoms with E-state index in [2.05, 4.69) is 10.3 Å². The zero-order chi connectivity index (χ0) is 21.1. The van der Waals surface area contributed by atoms with Crippen molar-refractivity contribution in [3.8, 4) is 0 Å². The average molecular weight is 413 g/mol. The quantitative estimate of drug-likeness (QED) is 0.321. The molecule has 7 nitrogen and oxygen atoms in total. The molecule has 0 radical (unpaired) electrons. The van der Waals surface area contributed by atoms with E-state index in [0.717, 1.165) is 49.9 Å². The highest BCUT2D eigenvalue weighted by Crippen LogP contribution is 2.38. The van der Waals surface area contributed by atoms with Crippen molar-refractivity contribution >= 4 is 23.1 Å². The molecule has 1 spiro atoms. The van der Waals surface area contributed by atoms with E-state index in [-0.39, 0.29) is 18.1 Å². The summed E-state index contributed by atoms with van der Waals surface area (Å²) in [6, 6.07) is 2.40. The van der Waals surface area contributed by atoms with Crippen molar-refractivity contribution in [1.82, 2.24) is 0 Å². The maximum Gasteiger partial charge on any atom is 0.416 e. The number of benzene rings is 1. The highest BCUT2D eigenvalue weighted by Gasteiger charge is 2.46. The van der Waals surface area contributed by atoms with Gasteiger partial charge in [-0.3, -0.25) is 19.9 Å². The first-order valence-electron chi connectivity index (χ1n) is 9.56. The van der Waals surface area contributed by atoms with Crippen LogP contribution in [0.4, 0.5) is 24.5 Å². The third-order valence-electron chi connectivity index (χ3n) is 5.28. The van der Waals surface area contributed by atoms with Crippen molar-refractivity contribution in [2.75, 3.05) is 18.4 Å². The summed E-state index contributed by atoms with van der Waals surface area (Å²) in [5.41, 5.74) is -1.46. The number of carbonyl (C=O) groups is 1. The number of anilines is 1. The van der Waals surface area contributed by atoms with E-state index in [1.165, 1.54) is 0 Å². The fraction of sp³-hybridized carbons (Fsp3) is 0.579. The Kier molecular flexibility index (Phi) is 6.09. The van der Waals surface area contributed by atoms with Crippen molar-refractivity contribution in [2.24, 2.45) is 4.99 Å². The summed E-state index contributed by atoms with van der Waals surface area (Å²) in [7, 11) is 0. The van der Waals surface area contributed by atoms with Crippen molar-refractivity contribution in [3.05, 3.63) is 33.9 Å². The molecule has 1 heterocycles. The van der Waals surface area contributed by atoms with Crippen molar-refractivity contribution in [1.29, 1.82) is 0 Å². The Morgan fingerprint density at radius 1 is 1.24 bits per heavy atom. The second-order valence-corrected chi connectivity index (χ2v) is 7.30. The number of esters is 1. The number of aliphatic imine (C=N–C) groups is 1. The minimum absolute atomic E-state index is 0.0266. The van der Waals surface area contributed by atoms with Gasteiger partial charge in [-0.15, -0.1) is 0 Å². The Hall–Kier alpha value is -2.65. The van der Waals surface area contributed by atoms with Crippen LogP contribution >= 0.6 is 0 Å². The van der Waals surface area contributed by atoms with Gasteiger partial charge in [0, 0.05) is 19.2 Å². The first-order chi connectivity index (χ1) is 13.7. The zero-order valence-corrected chi connectivity index (χ0v) is 15.8. The first kappa shape index (κ1) is 21.1. The smallest absolute Gasteiger partial charge is 0.416 e. The summed E-state index contributed by atoms with van der Waals surface area (Å²) in [5, 5.41) is 13.9. The molecule has 0 amide bonds. The molecule has 0 unspecified atom stereocenters.